The first-order valence-electron chi connectivity index (χ1n) is 6.70. The number of aliphatic carboxylic acids is 1. The Labute approximate surface area is 140 Å². The summed E-state index contributed by atoms with van der Waals surface area (Å²) in [7, 11) is 0. The van der Waals surface area contributed by atoms with E-state index >= 15 is 0 Å². The molecule has 3 rings (SSSR count). The summed E-state index contributed by atoms with van der Waals surface area (Å²) in [5.41, 5.74) is 6.42. The van der Waals surface area contributed by atoms with Gasteiger partial charge < -0.3 is 10.8 Å². The van der Waals surface area contributed by atoms with E-state index in [0.29, 0.717) is 28.8 Å². The second-order valence-corrected chi connectivity index (χ2v) is 6.96. The van der Waals surface area contributed by atoms with Crippen molar-refractivity contribution < 1.29 is 14.7 Å². The smallest absolute Gasteiger partial charge is 0.352 e. The number of fused-ring (bicyclic) bond motifs is 1. The Balaban J connectivity index is 1.80. The summed E-state index contributed by atoms with van der Waals surface area (Å²) >= 11 is 2.80. The van der Waals surface area contributed by atoms with Gasteiger partial charge in [0.1, 0.15) is 17.1 Å². The Bertz CT molecular complexity index is 703. The van der Waals surface area contributed by atoms with Crippen molar-refractivity contribution in [1.82, 2.24) is 25.1 Å². The molecule has 2 aliphatic rings. The van der Waals surface area contributed by atoms with Crippen LogP contribution < -0.4 is 5.73 Å². The predicted molar refractivity (Wildman–Crippen MR) is 84.5 cm³/mol. The molecule has 0 radical (unpaired) electrons. The molecule has 2 aliphatic heterocycles. The number of aromatic nitrogens is 4. The number of nitrogens with zero attached hydrogens (tertiary/aromatic N) is 5. The fourth-order valence-electron chi connectivity index (χ4n) is 2.38. The molecule has 9 nitrogen and oxygen atoms in total. The van der Waals surface area contributed by atoms with Crippen LogP contribution in [0.3, 0.4) is 0 Å². The van der Waals surface area contributed by atoms with E-state index in [9.17, 15) is 14.7 Å². The largest absolute Gasteiger partial charge is 0.477 e. The van der Waals surface area contributed by atoms with E-state index in [1.807, 2.05) is 0 Å². The van der Waals surface area contributed by atoms with Gasteiger partial charge in [0.25, 0.3) is 0 Å². The molecule has 122 valence electrons. The second kappa shape index (κ2) is 6.34. The van der Waals surface area contributed by atoms with E-state index < -0.39 is 12.0 Å². The van der Waals surface area contributed by atoms with Crippen molar-refractivity contribution in [2.45, 2.75) is 23.1 Å². The maximum absolute atomic E-state index is 11.9. The minimum Gasteiger partial charge on any atom is -0.477 e. The first-order valence-corrected chi connectivity index (χ1v) is 8.73. The van der Waals surface area contributed by atoms with Crippen LogP contribution in [0.15, 0.2) is 29.1 Å². The number of hydrogen-bond donors (Lipinski definition) is 2. The van der Waals surface area contributed by atoms with Crippen LogP contribution >= 0.6 is 23.5 Å². The number of carbonyl (C=O) groups excluding carboxylic acids is 1. The highest BCUT2D eigenvalue weighted by Crippen LogP contribution is 2.40. The number of thioether (sulfide) groups is 2. The lowest BCUT2D eigenvalue weighted by Gasteiger charge is -2.48. The number of carboxylic acid groups (broad SMARTS) is 1. The minimum absolute atomic E-state index is 0.0377. The summed E-state index contributed by atoms with van der Waals surface area (Å²) in [5, 5.41) is 21.1. The number of carboxylic acids is 1. The van der Waals surface area contributed by atoms with Gasteiger partial charge in [-0.1, -0.05) is 17.8 Å². The quantitative estimate of drug-likeness (QED) is 0.396. The van der Waals surface area contributed by atoms with Gasteiger partial charge in [0, 0.05) is 11.5 Å². The Morgan fingerprint density at radius 3 is 3.09 bits per heavy atom. The Morgan fingerprint density at radius 2 is 2.39 bits per heavy atom. The van der Waals surface area contributed by atoms with E-state index in [0.717, 1.165) is 0 Å². The average molecular weight is 354 g/mol. The fourth-order valence-corrected chi connectivity index (χ4v) is 4.70. The van der Waals surface area contributed by atoms with Gasteiger partial charge in [-0.3, -0.25) is 9.69 Å². The molecule has 1 unspecified atom stereocenters. The molecule has 0 aliphatic carbocycles. The molecular formula is C12H14N6O3S2. The van der Waals surface area contributed by atoms with Gasteiger partial charge in [-0.05, 0) is 16.0 Å². The zero-order chi connectivity index (χ0) is 16.6. The van der Waals surface area contributed by atoms with Crippen LogP contribution in [0.25, 0.3) is 0 Å². The summed E-state index contributed by atoms with van der Waals surface area (Å²) in [6, 6.07) is -0.622. The number of rotatable bonds is 6. The molecule has 0 bridgehead atoms. The summed E-state index contributed by atoms with van der Waals surface area (Å²) in [6.07, 6.45) is 1.67. The summed E-state index contributed by atoms with van der Waals surface area (Å²) in [5.74, 6) is -0.562. The van der Waals surface area contributed by atoms with Gasteiger partial charge in [0.15, 0.2) is 0 Å². The van der Waals surface area contributed by atoms with Crippen LogP contribution in [0, 0.1) is 0 Å². The molecule has 0 saturated carbocycles. The zero-order valence-electron chi connectivity index (χ0n) is 12.0. The van der Waals surface area contributed by atoms with Crippen molar-refractivity contribution in [2.75, 3.05) is 11.5 Å². The van der Waals surface area contributed by atoms with Crippen LogP contribution in [0.1, 0.15) is 0 Å². The number of carbonyl (C=O) groups is 2. The molecule has 1 amide bonds. The molecule has 3 heterocycles. The number of nitrogens with two attached hydrogens (primary N) is 1. The van der Waals surface area contributed by atoms with Gasteiger partial charge in [-0.15, -0.1) is 23.4 Å². The fraction of sp³-hybridized carbons (Fsp3) is 0.417. The third kappa shape index (κ3) is 2.75. The van der Waals surface area contributed by atoms with E-state index in [4.69, 9.17) is 5.73 Å². The van der Waals surface area contributed by atoms with Crippen LogP contribution in [0.4, 0.5) is 0 Å². The Morgan fingerprint density at radius 1 is 1.61 bits per heavy atom. The summed E-state index contributed by atoms with van der Waals surface area (Å²) in [6.45, 7) is 4.10. The van der Waals surface area contributed by atoms with Crippen LogP contribution in [0.5, 0.6) is 0 Å². The number of β-lactam (4-membered cyclic amide) rings is 1. The molecule has 3 N–H and O–H groups in total. The summed E-state index contributed by atoms with van der Waals surface area (Å²) in [4.78, 5) is 24.7. The molecule has 0 aromatic carbocycles. The SMILES string of the molecule is C=CCn1nnnc1SCC1=C(C(=O)O)N2C(=O)C(N)[C@@H]2SC1. The van der Waals surface area contributed by atoms with Crippen LogP contribution in [0.2, 0.25) is 0 Å². The first kappa shape index (κ1) is 16.0. The molecule has 1 saturated heterocycles. The monoisotopic (exact) mass is 354 g/mol. The van der Waals surface area contributed by atoms with Crippen molar-refractivity contribution in [1.29, 1.82) is 0 Å². The van der Waals surface area contributed by atoms with E-state index in [1.54, 1.807) is 10.8 Å². The maximum atomic E-state index is 11.9. The highest BCUT2D eigenvalue weighted by Gasteiger charge is 2.51. The van der Waals surface area contributed by atoms with Crippen molar-refractivity contribution in [2.24, 2.45) is 5.73 Å². The van der Waals surface area contributed by atoms with Crippen molar-refractivity contribution in [3.05, 3.63) is 23.9 Å². The van der Waals surface area contributed by atoms with E-state index in [1.165, 1.54) is 28.4 Å². The molecular weight excluding hydrogens is 340 g/mol. The van der Waals surface area contributed by atoms with Gasteiger partial charge in [0.05, 0.1) is 6.54 Å². The average Bonchev–Trinajstić information content (AvgIpc) is 2.98. The van der Waals surface area contributed by atoms with Crippen molar-refractivity contribution >= 4 is 35.4 Å². The molecule has 2 atom stereocenters. The number of amides is 1. The Kier molecular flexibility index (Phi) is 4.41. The lowest BCUT2D eigenvalue weighted by atomic mass is 10.0. The molecule has 1 fully saturated rings. The summed E-state index contributed by atoms with van der Waals surface area (Å²) < 4.78 is 1.57. The van der Waals surface area contributed by atoms with E-state index in [-0.39, 0.29) is 17.0 Å². The molecule has 11 heteroatoms. The van der Waals surface area contributed by atoms with Crippen LogP contribution in [-0.4, -0.2) is 65.0 Å². The highest BCUT2D eigenvalue weighted by atomic mass is 32.2. The van der Waals surface area contributed by atoms with Gasteiger partial charge in [-0.25, -0.2) is 9.48 Å². The molecule has 1 aromatic rings. The third-order valence-corrected chi connectivity index (χ3v) is 5.87. The topological polar surface area (TPSA) is 127 Å². The van der Waals surface area contributed by atoms with Crippen molar-refractivity contribution in [3.63, 3.8) is 0 Å². The zero-order valence-corrected chi connectivity index (χ0v) is 13.6. The number of tetrazole rings is 1. The first-order chi connectivity index (χ1) is 11.0. The predicted octanol–water partition coefficient (Wildman–Crippen LogP) is -0.468. The Hall–Kier alpha value is -1.85. The standard InChI is InChI=1S/C12H14N6O3S2/c1-2-3-17-12(14-15-16-17)23-5-6-4-22-10-7(13)9(19)18(10)8(6)11(20)21/h2,7,10H,1,3-5,13H2,(H,20,21)/t7?,10-/m0/s1. The normalized spacial score (nSPS) is 23.5. The molecule has 23 heavy (non-hydrogen) atoms. The van der Waals surface area contributed by atoms with Gasteiger partial charge in [-0.2, -0.15) is 0 Å². The number of hydrogen-bond acceptors (Lipinski definition) is 8. The van der Waals surface area contributed by atoms with Gasteiger partial charge >= 0.3 is 5.97 Å². The maximum Gasteiger partial charge on any atom is 0.352 e. The third-order valence-electron chi connectivity index (χ3n) is 3.47. The molecule has 1 aromatic heterocycles. The van der Waals surface area contributed by atoms with E-state index in [2.05, 4.69) is 22.1 Å². The van der Waals surface area contributed by atoms with Crippen LogP contribution in [-0.2, 0) is 16.1 Å². The highest BCUT2D eigenvalue weighted by molar-refractivity contribution is 8.01. The second-order valence-electron chi connectivity index (χ2n) is 4.91. The van der Waals surface area contributed by atoms with Crippen molar-refractivity contribution in [3.8, 4) is 0 Å². The van der Waals surface area contributed by atoms with Gasteiger partial charge in [0.2, 0.25) is 11.1 Å². The lowest BCUT2D eigenvalue weighted by Crippen LogP contribution is -2.68. The number of allylic oxidation sites excluding steroid dienone is 1. The minimum atomic E-state index is -1.11. The lowest BCUT2D eigenvalue weighted by molar-refractivity contribution is -0.147. The molecule has 0 spiro atoms.